The van der Waals surface area contributed by atoms with Gasteiger partial charge in [0.05, 0.1) is 10.9 Å². The van der Waals surface area contributed by atoms with Crippen molar-refractivity contribution >= 4 is 10.0 Å². The summed E-state index contributed by atoms with van der Waals surface area (Å²) in [5.41, 5.74) is 0.658. The SMILES string of the molecule is Cc1cc(C2CCCN2S(=O)(=O)c2ccc3c(c2)OCCO3)no1. The van der Waals surface area contributed by atoms with Gasteiger partial charge in [0, 0.05) is 18.7 Å². The molecule has 3 heterocycles. The fourth-order valence-corrected chi connectivity index (χ4v) is 4.87. The van der Waals surface area contributed by atoms with Gasteiger partial charge in [0.2, 0.25) is 10.0 Å². The Morgan fingerprint density at radius 3 is 2.71 bits per heavy atom. The lowest BCUT2D eigenvalue weighted by Crippen LogP contribution is -2.31. The van der Waals surface area contributed by atoms with Crippen LogP contribution < -0.4 is 9.47 Å². The highest BCUT2D eigenvalue weighted by molar-refractivity contribution is 7.89. The van der Waals surface area contributed by atoms with E-state index >= 15 is 0 Å². The van der Waals surface area contributed by atoms with Crippen molar-refractivity contribution in [3.8, 4) is 11.5 Å². The molecule has 1 saturated heterocycles. The minimum Gasteiger partial charge on any atom is -0.486 e. The van der Waals surface area contributed by atoms with Crippen LogP contribution in [0.3, 0.4) is 0 Å². The van der Waals surface area contributed by atoms with Crippen LogP contribution >= 0.6 is 0 Å². The summed E-state index contributed by atoms with van der Waals surface area (Å²) in [5, 5.41) is 4.00. The molecule has 4 rings (SSSR count). The van der Waals surface area contributed by atoms with Crippen molar-refractivity contribution in [3.05, 3.63) is 35.7 Å². The van der Waals surface area contributed by atoms with E-state index in [2.05, 4.69) is 5.16 Å². The molecule has 0 aliphatic carbocycles. The third-order valence-corrected chi connectivity index (χ3v) is 6.22. The normalized spacial score (nSPS) is 21.1. The number of benzene rings is 1. The summed E-state index contributed by atoms with van der Waals surface area (Å²) in [6, 6.07) is 6.25. The van der Waals surface area contributed by atoms with Gasteiger partial charge in [-0.1, -0.05) is 5.16 Å². The highest BCUT2D eigenvalue weighted by atomic mass is 32.2. The molecule has 1 atom stereocenters. The van der Waals surface area contributed by atoms with Gasteiger partial charge in [-0.2, -0.15) is 4.31 Å². The van der Waals surface area contributed by atoms with Crippen molar-refractivity contribution in [3.63, 3.8) is 0 Å². The van der Waals surface area contributed by atoms with E-state index in [1.54, 1.807) is 25.1 Å². The van der Waals surface area contributed by atoms with Crippen molar-refractivity contribution in [2.45, 2.75) is 30.7 Å². The van der Waals surface area contributed by atoms with Gasteiger partial charge < -0.3 is 14.0 Å². The molecule has 0 saturated carbocycles. The third-order valence-electron chi connectivity index (χ3n) is 4.31. The number of sulfonamides is 1. The maximum absolute atomic E-state index is 13.1. The van der Waals surface area contributed by atoms with E-state index < -0.39 is 10.0 Å². The zero-order chi connectivity index (χ0) is 16.7. The van der Waals surface area contributed by atoms with Gasteiger partial charge in [0.1, 0.15) is 24.7 Å². The van der Waals surface area contributed by atoms with Crippen molar-refractivity contribution in [1.29, 1.82) is 0 Å². The smallest absolute Gasteiger partial charge is 0.243 e. The van der Waals surface area contributed by atoms with E-state index in [1.165, 1.54) is 10.4 Å². The molecule has 24 heavy (non-hydrogen) atoms. The molecular formula is C16H18N2O5S. The van der Waals surface area contributed by atoms with E-state index in [-0.39, 0.29) is 10.9 Å². The first kappa shape index (κ1) is 15.5. The Hall–Kier alpha value is -2.06. The van der Waals surface area contributed by atoms with Gasteiger partial charge in [-0.15, -0.1) is 0 Å². The number of fused-ring (bicyclic) bond motifs is 1. The first-order chi connectivity index (χ1) is 11.6. The molecule has 2 aliphatic rings. The molecule has 2 aromatic rings. The van der Waals surface area contributed by atoms with Gasteiger partial charge in [0.25, 0.3) is 0 Å². The van der Waals surface area contributed by atoms with Crippen molar-refractivity contribution < 1.29 is 22.4 Å². The maximum atomic E-state index is 13.1. The first-order valence-corrected chi connectivity index (χ1v) is 9.34. The zero-order valence-electron chi connectivity index (χ0n) is 13.3. The Morgan fingerprint density at radius 1 is 1.17 bits per heavy atom. The zero-order valence-corrected chi connectivity index (χ0v) is 14.1. The van der Waals surface area contributed by atoms with Crippen LogP contribution in [-0.2, 0) is 10.0 Å². The Morgan fingerprint density at radius 2 is 1.96 bits per heavy atom. The number of hydrogen-bond acceptors (Lipinski definition) is 6. The molecule has 1 unspecified atom stereocenters. The van der Waals surface area contributed by atoms with Crippen LogP contribution in [0.2, 0.25) is 0 Å². The lowest BCUT2D eigenvalue weighted by molar-refractivity contribution is 0.171. The number of nitrogens with zero attached hydrogens (tertiary/aromatic N) is 2. The maximum Gasteiger partial charge on any atom is 0.243 e. The summed E-state index contributed by atoms with van der Waals surface area (Å²) in [4.78, 5) is 0.207. The van der Waals surface area contributed by atoms with Crippen LogP contribution in [-0.4, -0.2) is 37.6 Å². The molecule has 1 fully saturated rings. The minimum atomic E-state index is -3.64. The molecule has 7 nitrogen and oxygen atoms in total. The van der Waals surface area contributed by atoms with Gasteiger partial charge in [-0.25, -0.2) is 8.42 Å². The van der Waals surface area contributed by atoms with E-state index in [9.17, 15) is 8.42 Å². The van der Waals surface area contributed by atoms with Gasteiger partial charge in [-0.05, 0) is 31.9 Å². The third kappa shape index (κ3) is 2.55. The molecule has 2 aliphatic heterocycles. The molecule has 128 valence electrons. The fourth-order valence-electron chi connectivity index (χ4n) is 3.19. The Labute approximate surface area is 140 Å². The second-order valence-corrected chi connectivity index (χ2v) is 7.83. The fraction of sp³-hybridized carbons (Fsp3) is 0.438. The quantitative estimate of drug-likeness (QED) is 0.845. The first-order valence-electron chi connectivity index (χ1n) is 7.90. The topological polar surface area (TPSA) is 81.9 Å². The average Bonchev–Trinajstić information content (AvgIpc) is 3.23. The molecule has 0 N–H and O–H groups in total. The molecule has 1 aromatic carbocycles. The molecule has 8 heteroatoms. The minimum absolute atomic E-state index is 0.207. The molecule has 0 spiro atoms. The van der Waals surface area contributed by atoms with E-state index in [4.69, 9.17) is 14.0 Å². The average molecular weight is 350 g/mol. The summed E-state index contributed by atoms with van der Waals surface area (Å²) in [7, 11) is -3.64. The van der Waals surface area contributed by atoms with Gasteiger partial charge in [0.15, 0.2) is 11.5 Å². The monoisotopic (exact) mass is 350 g/mol. The highest BCUT2D eigenvalue weighted by Crippen LogP contribution is 2.38. The molecule has 0 amide bonds. The van der Waals surface area contributed by atoms with Gasteiger partial charge >= 0.3 is 0 Å². The number of hydrogen-bond donors (Lipinski definition) is 0. The summed E-state index contributed by atoms with van der Waals surface area (Å²) in [6.07, 6.45) is 1.52. The Balaban J connectivity index is 1.69. The van der Waals surface area contributed by atoms with Crippen molar-refractivity contribution in [2.24, 2.45) is 0 Å². The summed E-state index contributed by atoms with van der Waals surface area (Å²) < 4.78 is 43.7. The van der Waals surface area contributed by atoms with E-state index in [0.29, 0.717) is 42.7 Å². The number of rotatable bonds is 3. The predicted molar refractivity (Wildman–Crippen MR) is 84.5 cm³/mol. The van der Waals surface area contributed by atoms with Crippen molar-refractivity contribution in [2.75, 3.05) is 19.8 Å². The van der Waals surface area contributed by atoms with Crippen LogP contribution in [0.25, 0.3) is 0 Å². The lowest BCUT2D eigenvalue weighted by atomic mass is 10.1. The highest BCUT2D eigenvalue weighted by Gasteiger charge is 2.38. The van der Waals surface area contributed by atoms with Crippen LogP contribution in [0.5, 0.6) is 11.5 Å². The number of ether oxygens (including phenoxy) is 2. The molecule has 1 aromatic heterocycles. The number of aryl methyl sites for hydroxylation is 1. The Bertz CT molecular complexity index is 861. The summed E-state index contributed by atoms with van der Waals surface area (Å²) >= 11 is 0. The predicted octanol–water partition coefficient (Wildman–Crippen LogP) is 2.28. The van der Waals surface area contributed by atoms with Crippen molar-refractivity contribution in [1.82, 2.24) is 9.46 Å². The van der Waals surface area contributed by atoms with E-state index in [1.807, 2.05) is 0 Å². The van der Waals surface area contributed by atoms with Gasteiger partial charge in [-0.3, -0.25) is 0 Å². The largest absolute Gasteiger partial charge is 0.486 e. The summed E-state index contributed by atoms with van der Waals surface area (Å²) in [6.45, 7) is 3.15. The Kier molecular flexibility index (Phi) is 3.73. The van der Waals surface area contributed by atoms with Crippen LogP contribution in [0.15, 0.2) is 33.7 Å². The summed E-state index contributed by atoms with van der Waals surface area (Å²) in [5.74, 6) is 1.72. The number of aromatic nitrogens is 1. The van der Waals surface area contributed by atoms with Crippen LogP contribution in [0, 0.1) is 6.92 Å². The molecule has 0 bridgehead atoms. The van der Waals surface area contributed by atoms with Crippen LogP contribution in [0.4, 0.5) is 0 Å². The second kappa shape index (κ2) is 5.78. The molecule has 0 radical (unpaired) electrons. The van der Waals surface area contributed by atoms with E-state index in [0.717, 1.165) is 12.8 Å². The standard InChI is InChI=1S/C16H18N2O5S/c1-11-9-13(17-23-11)14-3-2-6-18(14)24(19,20)12-4-5-15-16(10-12)22-8-7-21-15/h4-5,9-10,14H,2-3,6-8H2,1H3. The lowest BCUT2D eigenvalue weighted by Gasteiger charge is -2.24. The second-order valence-electron chi connectivity index (χ2n) is 5.94. The molecular weight excluding hydrogens is 332 g/mol. The van der Waals surface area contributed by atoms with Crippen LogP contribution in [0.1, 0.15) is 30.3 Å².